The Morgan fingerprint density at radius 1 is 0.774 bits per heavy atom. The third kappa shape index (κ3) is 5.28. The fraction of sp³-hybridized carbons (Fsp3) is 0.0769. The highest BCUT2D eigenvalue weighted by molar-refractivity contribution is 5.89. The van der Waals surface area contributed by atoms with Gasteiger partial charge in [-0.3, -0.25) is 0 Å². The molecule has 0 aliphatic carbocycles. The smallest absolute Gasteiger partial charge is 0.335 e. The summed E-state index contributed by atoms with van der Waals surface area (Å²) < 4.78 is 11.7. The van der Waals surface area contributed by atoms with Gasteiger partial charge in [0.25, 0.3) is 0 Å². The first-order valence-corrected chi connectivity index (χ1v) is 9.86. The van der Waals surface area contributed by atoms with Crippen molar-refractivity contribution >= 4 is 5.97 Å². The van der Waals surface area contributed by atoms with Crippen LogP contribution in [0, 0.1) is 0 Å². The summed E-state index contributed by atoms with van der Waals surface area (Å²) in [5.41, 5.74) is 3.81. The Morgan fingerprint density at radius 3 is 2.00 bits per heavy atom. The highest BCUT2D eigenvalue weighted by Crippen LogP contribution is 2.32. The van der Waals surface area contributed by atoms with E-state index in [1.807, 2.05) is 66.7 Å². The summed E-state index contributed by atoms with van der Waals surface area (Å²) in [6.45, 7) is 0.772. The number of nitrogens with zero attached hydrogens (tertiary/aromatic N) is 1. The number of aromatic carboxylic acids is 1. The third-order valence-corrected chi connectivity index (χ3v) is 4.74. The molecule has 4 aromatic rings. The van der Waals surface area contributed by atoms with Gasteiger partial charge in [0.05, 0.1) is 5.56 Å². The largest absolute Gasteiger partial charge is 0.488 e. The first-order valence-electron chi connectivity index (χ1n) is 9.86. The van der Waals surface area contributed by atoms with E-state index in [-0.39, 0.29) is 5.56 Å². The number of pyridine rings is 1. The normalized spacial score (nSPS) is 10.5. The summed E-state index contributed by atoms with van der Waals surface area (Å²) in [7, 11) is 0. The second-order valence-corrected chi connectivity index (χ2v) is 6.95. The lowest BCUT2D eigenvalue weighted by Gasteiger charge is -2.13. The monoisotopic (exact) mass is 411 g/mol. The standard InChI is InChI=1S/C26H21NO4/c28-26(29)21-11-13-23(24(15-21)30-17-19-7-3-1-4-8-19)22-12-14-25(27-16-22)31-18-20-9-5-2-6-10-20/h1-16H,17-18H2,(H,28,29). The van der Waals surface area contributed by atoms with Gasteiger partial charge in [0.15, 0.2) is 0 Å². The van der Waals surface area contributed by atoms with E-state index in [1.54, 1.807) is 30.5 Å². The van der Waals surface area contributed by atoms with Gasteiger partial charge in [-0.1, -0.05) is 60.7 Å². The van der Waals surface area contributed by atoms with Crippen LogP contribution in [0.25, 0.3) is 11.1 Å². The zero-order valence-corrected chi connectivity index (χ0v) is 16.8. The number of carboxylic acids is 1. The second kappa shape index (κ2) is 9.59. The average molecular weight is 411 g/mol. The molecule has 0 amide bonds. The van der Waals surface area contributed by atoms with Crippen LogP contribution >= 0.6 is 0 Å². The molecule has 1 heterocycles. The van der Waals surface area contributed by atoms with Gasteiger partial charge >= 0.3 is 5.97 Å². The lowest BCUT2D eigenvalue weighted by molar-refractivity contribution is 0.0696. The van der Waals surface area contributed by atoms with E-state index >= 15 is 0 Å². The van der Waals surface area contributed by atoms with Gasteiger partial charge < -0.3 is 14.6 Å². The molecule has 0 atom stereocenters. The maximum absolute atomic E-state index is 11.4. The van der Waals surface area contributed by atoms with Gasteiger partial charge in [0.1, 0.15) is 19.0 Å². The summed E-state index contributed by atoms with van der Waals surface area (Å²) in [4.78, 5) is 15.8. The summed E-state index contributed by atoms with van der Waals surface area (Å²) >= 11 is 0. The molecule has 0 radical (unpaired) electrons. The number of benzene rings is 3. The van der Waals surface area contributed by atoms with Crippen molar-refractivity contribution < 1.29 is 19.4 Å². The van der Waals surface area contributed by atoms with Crippen LogP contribution in [0.4, 0.5) is 0 Å². The zero-order valence-electron chi connectivity index (χ0n) is 16.8. The molecule has 0 aliphatic rings. The van der Waals surface area contributed by atoms with Gasteiger partial charge in [0.2, 0.25) is 5.88 Å². The highest BCUT2D eigenvalue weighted by Gasteiger charge is 2.12. The van der Waals surface area contributed by atoms with Crippen LogP contribution in [-0.2, 0) is 13.2 Å². The van der Waals surface area contributed by atoms with Crippen molar-refractivity contribution in [1.29, 1.82) is 0 Å². The Hall–Kier alpha value is -4.12. The van der Waals surface area contributed by atoms with E-state index in [4.69, 9.17) is 9.47 Å². The van der Waals surface area contributed by atoms with E-state index in [9.17, 15) is 9.90 Å². The molecule has 1 N–H and O–H groups in total. The highest BCUT2D eigenvalue weighted by atomic mass is 16.5. The average Bonchev–Trinajstić information content (AvgIpc) is 2.83. The number of carboxylic acid groups (broad SMARTS) is 1. The number of hydrogen-bond acceptors (Lipinski definition) is 4. The van der Waals surface area contributed by atoms with Crippen molar-refractivity contribution in [2.24, 2.45) is 0 Å². The molecule has 31 heavy (non-hydrogen) atoms. The predicted molar refractivity (Wildman–Crippen MR) is 118 cm³/mol. The van der Waals surface area contributed by atoms with E-state index in [0.29, 0.717) is 24.8 Å². The Kier molecular flexibility index (Phi) is 6.24. The Labute approximate surface area is 180 Å². The minimum Gasteiger partial charge on any atom is -0.488 e. The van der Waals surface area contributed by atoms with Crippen molar-refractivity contribution in [2.75, 3.05) is 0 Å². The summed E-state index contributed by atoms with van der Waals surface area (Å²) in [5.74, 6) is 0.00363. The van der Waals surface area contributed by atoms with E-state index in [2.05, 4.69) is 4.98 Å². The van der Waals surface area contributed by atoms with E-state index < -0.39 is 5.97 Å². The van der Waals surface area contributed by atoms with Crippen LogP contribution in [0.5, 0.6) is 11.6 Å². The maximum Gasteiger partial charge on any atom is 0.335 e. The van der Waals surface area contributed by atoms with Gasteiger partial charge in [-0.25, -0.2) is 9.78 Å². The van der Waals surface area contributed by atoms with Crippen LogP contribution in [0.1, 0.15) is 21.5 Å². The van der Waals surface area contributed by atoms with Crippen LogP contribution in [0.15, 0.2) is 97.2 Å². The molecule has 5 heteroatoms. The number of hydrogen-bond donors (Lipinski definition) is 1. The topological polar surface area (TPSA) is 68.7 Å². The molecular formula is C26H21NO4. The molecular weight excluding hydrogens is 390 g/mol. The summed E-state index contributed by atoms with van der Waals surface area (Å²) in [6.07, 6.45) is 1.70. The lowest BCUT2D eigenvalue weighted by atomic mass is 10.0. The molecule has 0 saturated carbocycles. The fourth-order valence-corrected chi connectivity index (χ4v) is 3.11. The molecule has 0 spiro atoms. The molecule has 0 bridgehead atoms. The number of carbonyl (C=O) groups is 1. The number of ether oxygens (including phenoxy) is 2. The van der Waals surface area contributed by atoms with Crippen molar-refractivity contribution in [3.05, 3.63) is 114 Å². The first kappa shape index (κ1) is 20.2. The molecule has 0 unspecified atom stereocenters. The Morgan fingerprint density at radius 2 is 1.42 bits per heavy atom. The van der Waals surface area contributed by atoms with Crippen LogP contribution in [0.3, 0.4) is 0 Å². The molecule has 5 nitrogen and oxygen atoms in total. The van der Waals surface area contributed by atoms with Gasteiger partial charge in [-0.2, -0.15) is 0 Å². The molecule has 4 rings (SSSR count). The first-order chi connectivity index (χ1) is 15.2. The summed E-state index contributed by atoms with van der Waals surface area (Å²) in [6, 6.07) is 28.1. The SMILES string of the molecule is O=C(O)c1ccc(-c2ccc(OCc3ccccc3)nc2)c(OCc2ccccc2)c1. The van der Waals surface area contributed by atoms with E-state index in [1.165, 1.54) is 0 Å². The molecule has 0 fully saturated rings. The van der Waals surface area contributed by atoms with Crippen molar-refractivity contribution in [3.8, 4) is 22.8 Å². The van der Waals surface area contributed by atoms with Crippen LogP contribution < -0.4 is 9.47 Å². The second-order valence-electron chi connectivity index (χ2n) is 6.95. The summed E-state index contributed by atoms with van der Waals surface area (Å²) in [5, 5.41) is 9.36. The zero-order chi connectivity index (χ0) is 21.5. The van der Waals surface area contributed by atoms with Gasteiger partial charge in [0, 0.05) is 23.4 Å². The molecule has 0 aliphatic heterocycles. The van der Waals surface area contributed by atoms with Gasteiger partial charge in [-0.05, 0) is 35.4 Å². The lowest BCUT2D eigenvalue weighted by Crippen LogP contribution is -2.01. The molecule has 3 aromatic carbocycles. The molecule has 154 valence electrons. The third-order valence-electron chi connectivity index (χ3n) is 4.74. The minimum absolute atomic E-state index is 0.169. The molecule has 0 saturated heterocycles. The predicted octanol–water partition coefficient (Wildman–Crippen LogP) is 5.60. The quantitative estimate of drug-likeness (QED) is 0.408. The Bertz CT molecular complexity index is 1140. The number of aromatic nitrogens is 1. The molecule has 1 aromatic heterocycles. The van der Waals surface area contributed by atoms with Crippen molar-refractivity contribution in [2.45, 2.75) is 13.2 Å². The van der Waals surface area contributed by atoms with Crippen molar-refractivity contribution in [1.82, 2.24) is 4.98 Å². The van der Waals surface area contributed by atoms with Crippen molar-refractivity contribution in [3.63, 3.8) is 0 Å². The van der Waals surface area contributed by atoms with Crippen LogP contribution in [-0.4, -0.2) is 16.1 Å². The number of rotatable bonds is 8. The van der Waals surface area contributed by atoms with Gasteiger partial charge in [-0.15, -0.1) is 0 Å². The minimum atomic E-state index is -1.00. The van der Waals surface area contributed by atoms with Crippen LogP contribution in [0.2, 0.25) is 0 Å². The Balaban J connectivity index is 1.53. The maximum atomic E-state index is 11.4. The van der Waals surface area contributed by atoms with E-state index in [0.717, 1.165) is 22.3 Å². The fourth-order valence-electron chi connectivity index (χ4n) is 3.11.